The van der Waals surface area contributed by atoms with Crippen molar-refractivity contribution in [2.24, 2.45) is 0 Å². The standard InChI is InChI=1S/C49H45Cl2FN4O9S2/c1-5-55(29(3)57)49-54-47(28(2)66-49)67(60,61)56-25-36-24-44-43(64-27-45(65-44)34-13-17-38(18-14-34)63-26-31-8-19-39(50)40(51)20-31)23-35(36)22-42(56)46(58)53-41(48(59)62-4)21-30-6-9-32(10-7-30)33-11-15-37(52)16-12-33/h6-20,23-24,41-42,45H,5,21-22,25-27H2,1-4H3,(H,53,58). The lowest BCUT2D eigenvalue weighted by molar-refractivity contribution is -0.145. The summed E-state index contributed by atoms with van der Waals surface area (Å²) in [5, 5.41) is 3.61. The molecule has 0 saturated heterocycles. The summed E-state index contributed by atoms with van der Waals surface area (Å²) in [4.78, 5) is 46.5. The van der Waals surface area contributed by atoms with Crippen LogP contribution < -0.4 is 24.4 Å². The molecule has 0 spiro atoms. The van der Waals surface area contributed by atoms with E-state index in [1.54, 1.807) is 62.4 Å². The third-order valence-electron chi connectivity index (χ3n) is 11.6. The van der Waals surface area contributed by atoms with Crippen molar-refractivity contribution >= 4 is 67.5 Å². The average molecular weight is 988 g/mol. The molecule has 1 N–H and O–H groups in total. The number of thiazole rings is 1. The number of hydrogen-bond acceptors (Lipinski definition) is 11. The van der Waals surface area contributed by atoms with Crippen LogP contribution in [-0.4, -0.2) is 67.8 Å². The Kier molecular flexibility index (Phi) is 14.2. The molecule has 348 valence electrons. The van der Waals surface area contributed by atoms with E-state index in [1.807, 2.05) is 42.5 Å². The van der Waals surface area contributed by atoms with Gasteiger partial charge >= 0.3 is 5.97 Å². The fourth-order valence-corrected chi connectivity index (χ4v) is 11.3. The number of carbonyl (C=O) groups excluding carboxylic acids is 3. The van der Waals surface area contributed by atoms with Gasteiger partial charge in [-0.3, -0.25) is 14.5 Å². The SMILES string of the molecule is CCN(C(C)=O)c1nc(S(=O)(=O)N2Cc3cc4c(cc3CC2C(=O)NC(Cc2ccc(-c3ccc(F)cc3)cc2)C(=O)OC)OCC(c2ccc(OCc3ccc(Cl)c(Cl)c3)cc2)O4)c(C)s1. The highest BCUT2D eigenvalue weighted by atomic mass is 35.5. The van der Waals surface area contributed by atoms with Crippen molar-refractivity contribution in [2.75, 3.05) is 25.2 Å². The lowest BCUT2D eigenvalue weighted by atomic mass is 9.94. The molecule has 3 unspecified atom stereocenters. The van der Waals surface area contributed by atoms with E-state index in [0.717, 1.165) is 37.9 Å². The number of nitrogens with one attached hydrogen (secondary N) is 1. The van der Waals surface area contributed by atoms with E-state index >= 15 is 0 Å². The van der Waals surface area contributed by atoms with E-state index in [1.165, 1.54) is 31.1 Å². The van der Waals surface area contributed by atoms with Gasteiger partial charge in [0.05, 0.1) is 17.2 Å². The van der Waals surface area contributed by atoms with E-state index in [9.17, 15) is 27.2 Å². The number of nitrogens with zero attached hydrogens (tertiary/aromatic N) is 3. The number of hydrogen-bond donors (Lipinski definition) is 1. The molecule has 6 aromatic rings. The molecule has 0 bridgehead atoms. The zero-order chi connectivity index (χ0) is 47.6. The van der Waals surface area contributed by atoms with Crippen molar-refractivity contribution in [2.45, 2.75) is 70.0 Å². The number of esters is 1. The molecule has 18 heteroatoms. The van der Waals surface area contributed by atoms with Crippen LogP contribution in [0.25, 0.3) is 11.1 Å². The molecule has 13 nitrogen and oxygen atoms in total. The summed E-state index contributed by atoms with van der Waals surface area (Å²) in [5.41, 5.74) is 5.19. The van der Waals surface area contributed by atoms with Crippen LogP contribution in [0.4, 0.5) is 9.52 Å². The number of sulfonamides is 1. The monoisotopic (exact) mass is 986 g/mol. The first-order valence-corrected chi connectivity index (χ1v) is 24.3. The summed E-state index contributed by atoms with van der Waals surface area (Å²) < 4.78 is 68.1. The smallest absolute Gasteiger partial charge is 0.328 e. The maximum absolute atomic E-state index is 14.9. The van der Waals surface area contributed by atoms with E-state index in [2.05, 4.69) is 10.3 Å². The number of aryl methyl sites for hydroxylation is 1. The van der Waals surface area contributed by atoms with Crippen LogP contribution in [0.15, 0.2) is 108 Å². The molecule has 0 radical (unpaired) electrons. The second-order valence-corrected chi connectivity index (χ2v) is 19.8. The van der Waals surface area contributed by atoms with Crippen LogP contribution in [0.5, 0.6) is 17.2 Å². The number of amides is 2. The summed E-state index contributed by atoms with van der Waals surface area (Å²) in [6.45, 7) is 5.19. The molecule has 0 saturated carbocycles. The number of halogens is 3. The number of benzene rings is 5. The van der Waals surface area contributed by atoms with E-state index in [0.29, 0.717) is 48.9 Å². The van der Waals surface area contributed by atoms with Gasteiger partial charge in [0.15, 0.2) is 27.8 Å². The zero-order valence-electron chi connectivity index (χ0n) is 36.8. The van der Waals surface area contributed by atoms with Crippen molar-refractivity contribution in [3.63, 3.8) is 0 Å². The summed E-state index contributed by atoms with van der Waals surface area (Å²) in [5.74, 6) is -0.693. The van der Waals surface area contributed by atoms with Crippen molar-refractivity contribution < 1.29 is 46.1 Å². The number of anilines is 1. The Morgan fingerprint density at radius 2 is 1.60 bits per heavy atom. The summed E-state index contributed by atoms with van der Waals surface area (Å²) in [6, 6.07) is 26.9. The predicted octanol–water partition coefficient (Wildman–Crippen LogP) is 9.04. The Balaban J connectivity index is 1.05. The molecule has 2 amide bonds. The largest absolute Gasteiger partial charge is 0.489 e. The molecule has 1 aromatic heterocycles. The highest BCUT2D eigenvalue weighted by molar-refractivity contribution is 7.89. The highest BCUT2D eigenvalue weighted by Gasteiger charge is 2.44. The molecule has 3 atom stereocenters. The molecule has 2 aliphatic rings. The van der Waals surface area contributed by atoms with E-state index in [4.69, 9.17) is 42.1 Å². The summed E-state index contributed by atoms with van der Waals surface area (Å²) in [6.07, 6.45) is -0.571. The Hall–Kier alpha value is -6.04. The van der Waals surface area contributed by atoms with E-state index < -0.39 is 40.1 Å². The highest BCUT2D eigenvalue weighted by Crippen LogP contribution is 2.42. The number of carbonyl (C=O) groups is 3. The Morgan fingerprint density at radius 1 is 0.925 bits per heavy atom. The topological polar surface area (TPSA) is 154 Å². The summed E-state index contributed by atoms with van der Waals surface area (Å²) in [7, 11) is -3.33. The first-order valence-electron chi connectivity index (χ1n) is 21.2. The fourth-order valence-electron chi connectivity index (χ4n) is 7.98. The van der Waals surface area contributed by atoms with Crippen LogP contribution in [0.1, 0.15) is 52.6 Å². The molecule has 2 aliphatic heterocycles. The molecule has 3 heterocycles. The van der Waals surface area contributed by atoms with Gasteiger partial charge in [-0.25, -0.2) is 22.6 Å². The molecule has 0 aliphatic carbocycles. The molecule has 67 heavy (non-hydrogen) atoms. The second kappa shape index (κ2) is 20.1. The molecular weight excluding hydrogens is 943 g/mol. The number of methoxy groups -OCH3 is 1. The van der Waals surface area contributed by atoms with Crippen LogP contribution in [0, 0.1) is 12.7 Å². The minimum absolute atomic E-state index is 0.0267. The maximum atomic E-state index is 14.9. The van der Waals surface area contributed by atoms with Gasteiger partial charge in [-0.2, -0.15) is 4.31 Å². The van der Waals surface area contributed by atoms with Gasteiger partial charge in [0.1, 0.15) is 36.9 Å². The Bertz CT molecular complexity index is 2940. The minimum Gasteiger partial charge on any atom is -0.489 e. The van der Waals surface area contributed by atoms with Gasteiger partial charge in [0.25, 0.3) is 10.0 Å². The maximum Gasteiger partial charge on any atom is 0.328 e. The van der Waals surface area contributed by atoms with Crippen molar-refractivity contribution in [1.29, 1.82) is 0 Å². The third kappa shape index (κ3) is 10.4. The number of fused-ring (bicyclic) bond motifs is 2. The second-order valence-electron chi connectivity index (χ2n) is 16.0. The predicted molar refractivity (Wildman–Crippen MR) is 253 cm³/mol. The zero-order valence-corrected chi connectivity index (χ0v) is 39.9. The van der Waals surface area contributed by atoms with Gasteiger partial charge < -0.3 is 24.3 Å². The van der Waals surface area contributed by atoms with Gasteiger partial charge in [-0.15, -0.1) is 11.3 Å². The summed E-state index contributed by atoms with van der Waals surface area (Å²) >= 11 is 13.3. The molecule has 0 fully saturated rings. The fraction of sp³-hybridized carbons (Fsp3) is 0.265. The Morgan fingerprint density at radius 3 is 2.25 bits per heavy atom. The van der Waals surface area contributed by atoms with Crippen LogP contribution in [0.2, 0.25) is 10.0 Å². The van der Waals surface area contributed by atoms with Crippen molar-refractivity contribution in [3.8, 4) is 28.4 Å². The van der Waals surface area contributed by atoms with Gasteiger partial charge in [0, 0.05) is 31.3 Å². The van der Waals surface area contributed by atoms with Crippen molar-refractivity contribution in [3.05, 3.63) is 152 Å². The van der Waals surface area contributed by atoms with E-state index in [-0.39, 0.29) is 61.0 Å². The third-order valence-corrected chi connectivity index (χ3v) is 15.3. The lowest BCUT2D eigenvalue weighted by Gasteiger charge is -2.36. The normalized spacial score (nSPS) is 16.1. The number of rotatable bonds is 14. The molecular formula is C49H45Cl2FN4O9S2. The quantitative estimate of drug-likeness (QED) is 0.105. The van der Waals surface area contributed by atoms with Crippen molar-refractivity contribution in [1.82, 2.24) is 14.6 Å². The lowest BCUT2D eigenvalue weighted by Crippen LogP contribution is -2.56. The number of aromatic nitrogens is 1. The van der Waals surface area contributed by atoms with Crippen LogP contribution >= 0.6 is 34.5 Å². The Labute approximate surface area is 401 Å². The van der Waals surface area contributed by atoms with Gasteiger partial charge in [0.2, 0.25) is 11.8 Å². The first-order chi connectivity index (χ1) is 32.1. The average Bonchev–Trinajstić information content (AvgIpc) is 3.72. The molecule has 5 aromatic carbocycles. The molecule has 8 rings (SSSR count). The van der Waals surface area contributed by atoms with Crippen LogP contribution in [0.3, 0.4) is 0 Å². The van der Waals surface area contributed by atoms with Crippen LogP contribution in [-0.2, 0) is 55.1 Å². The minimum atomic E-state index is -4.54. The van der Waals surface area contributed by atoms with Gasteiger partial charge in [-0.1, -0.05) is 77.8 Å². The number of ether oxygens (including phenoxy) is 4. The first kappa shape index (κ1) is 47.5. The van der Waals surface area contributed by atoms with Gasteiger partial charge in [-0.05, 0) is 108 Å².